The summed E-state index contributed by atoms with van der Waals surface area (Å²) < 4.78 is 0. The van der Waals surface area contributed by atoms with Crippen molar-refractivity contribution in [3.05, 3.63) is 0 Å². The maximum absolute atomic E-state index is 11.8. The van der Waals surface area contributed by atoms with Crippen molar-refractivity contribution >= 4 is 5.91 Å². The zero-order valence-electron chi connectivity index (χ0n) is 10.3. The molecule has 0 spiro atoms. The molecule has 0 fully saturated rings. The standard InChI is InChI=1S/C12H22N2O/c1-5-8-10(9-13)11(15)14-12(4,6-2)7-3/h10H,5-8H2,1-4H3,(H,14,15). The van der Waals surface area contributed by atoms with Crippen molar-refractivity contribution in [3.8, 4) is 6.07 Å². The molecule has 0 aliphatic rings. The maximum Gasteiger partial charge on any atom is 0.237 e. The lowest BCUT2D eigenvalue weighted by Gasteiger charge is -2.29. The van der Waals surface area contributed by atoms with E-state index in [-0.39, 0.29) is 11.4 Å². The SMILES string of the molecule is CCCC(C#N)C(=O)NC(C)(CC)CC. The van der Waals surface area contributed by atoms with Gasteiger partial charge in [-0.15, -0.1) is 0 Å². The van der Waals surface area contributed by atoms with Crippen molar-refractivity contribution in [3.63, 3.8) is 0 Å². The first-order valence-corrected chi connectivity index (χ1v) is 5.74. The Morgan fingerprint density at radius 3 is 2.27 bits per heavy atom. The van der Waals surface area contributed by atoms with E-state index < -0.39 is 5.92 Å². The Balaban J connectivity index is 4.40. The predicted octanol–water partition coefficient (Wildman–Crippen LogP) is 2.62. The molecule has 0 aliphatic heterocycles. The van der Waals surface area contributed by atoms with E-state index in [0.29, 0.717) is 6.42 Å². The molecule has 3 heteroatoms. The fourth-order valence-electron chi connectivity index (χ4n) is 1.35. The number of carbonyl (C=O) groups is 1. The Labute approximate surface area is 92.9 Å². The number of nitrogens with zero attached hydrogens (tertiary/aromatic N) is 1. The molecule has 0 heterocycles. The van der Waals surface area contributed by atoms with Crippen LogP contribution in [0.2, 0.25) is 0 Å². The monoisotopic (exact) mass is 210 g/mol. The summed E-state index contributed by atoms with van der Waals surface area (Å²) in [5, 5.41) is 11.8. The van der Waals surface area contributed by atoms with Crippen LogP contribution < -0.4 is 5.32 Å². The minimum absolute atomic E-state index is 0.120. The molecule has 1 N–H and O–H groups in total. The molecule has 1 amide bonds. The lowest BCUT2D eigenvalue weighted by Crippen LogP contribution is -2.47. The largest absolute Gasteiger partial charge is 0.350 e. The van der Waals surface area contributed by atoms with Crippen LogP contribution in [-0.4, -0.2) is 11.4 Å². The molecule has 0 bridgehead atoms. The molecule has 15 heavy (non-hydrogen) atoms. The smallest absolute Gasteiger partial charge is 0.237 e. The van der Waals surface area contributed by atoms with Gasteiger partial charge in [0.05, 0.1) is 6.07 Å². The molecule has 0 aromatic rings. The van der Waals surface area contributed by atoms with Crippen LogP contribution in [0.5, 0.6) is 0 Å². The van der Waals surface area contributed by atoms with E-state index in [4.69, 9.17) is 5.26 Å². The summed E-state index contributed by atoms with van der Waals surface area (Å²) >= 11 is 0. The normalized spacial score (nSPS) is 13.0. The van der Waals surface area contributed by atoms with Crippen molar-refractivity contribution in [1.29, 1.82) is 5.26 Å². The Morgan fingerprint density at radius 1 is 1.40 bits per heavy atom. The second-order valence-electron chi connectivity index (χ2n) is 4.23. The predicted molar refractivity (Wildman–Crippen MR) is 61.1 cm³/mol. The lowest BCUT2D eigenvalue weighted by molar-refractivity contribution is -0.125. The van der Waals surface area contributed by atoms with Crippen LogP contribution in [0, 0.1) is 17.2 Å². The zero-order chi connectivity index (χ0) is 11.9. The highest BCUT2D eigenvalue weighted by Crippen LogP contribution is 2.15. The van der Waals surface area contributed by atoms with E-state index in [0.717, 1.165) is 19.3 Å². The highest BCUT2D eigenvalue weighted by atomic mass is 16.2. The molecule has 0 saturated carbocycles. The quantitative estimate of drug-likeness (QED) is 0.732. The molecule has 0 aliphatic carbocycles. The van der Waals surface area contributed by atoms with Crippen molar-refractivity contribution in [2.45, 2.75) is 58.9 Å². The van der Waals surface area contributed by atoms with Gasteiger partial charge >= 0.3 is 0 Å². The molecule has 0 aromatic heterocycles. The molecule has 0 radical (unpaired) electrons. The molecule has 3 nitrogen and oxygen atoms in total. The molecular formula is C12H22N2O. The first-order valence-electron chi connectivity index (χ1n) is 5.74. The van der Waals surface area contributed by atoms with Gasteiger partial charge in [0.2, 0.25) is 5.91 Å². The summed E-state index contributed by atoms with van der Waals surface area (Å²) in [7, 11) is 0. The Hall–Kier alpha value is -1.04. The van der Waals surface area contributed by atoms with Gasteiger partial charge < -0.3 is 5.32 Å². The summed E-state index contributed by atoms with van der Waals surface area (Å²) in [5.41, 5.74) is -0.167. The molecule has 86 valence electrons. The maximum atomic E-state index is 11.8. The summed E-state index contributed by atoms with van der Waals surface area (Å²) in [6.07, 6.45) is 3.28. The van der Waals surface area contributed by atoms with Gasteiger partial charge in [-0.1, -0.05) is 27.2 Å². The van der Waals surface area contributed by atoms with Gasteiger partial charge in [-0.3, -0.25) is 4.79 Å². The van der Waals surface area contributed by atoms with Gasteiger partial charge in [0.1, 0.15) is 5.92 Å². The fraction of sp³-hybridized carbons (Fsp3) is 0.833. The third kappa shape index (κ3) is 4.33. The molecular weight excluding hydrogens is 188 g/mol. The number of nitrogens with one attached hydrogen (secondary N) is 1. The van der Waals surface area contributed by atoms with Gasteiger partial charge in [0, 0.05) is 5.54 Å². The summed E-state index contributed by atoms with van der Waals surface area (Å²) in [4.78, 5) is 11.8. The fourth-order valence-corrected chi connectivity index (χ4v) is 1.35. The van der Waals surface area contributed by atoms with E-state index >= 15 is 0 Å². The van der Waals surface area contributed by atoms with Gasteiger partial charge in [0.15, 0.2) is 0 Å². The molecule has 1 atom stereocenters. The number of amides is 1. The molecule has 0 aromatic carbocycles. The minimum Gasteiger partial charge on any atom is -0.350 e. The highest BCUT2D eigenvalue weighted by Gasteiger charge is 2.26. The summed E-state index contributed by atoms with van der Waals surface area (Å²) in [5.74, 6) is -0.613. The third-order valence-electron chi connectivity index (χ3n) is 3.04. The van der Waals surface area contributed by atoms with E-state index in [1.54, 1.807) is 0 Å². The highest BCUT2D eigenvalue weighted by molar-refractivity contribution is 5.81. The number of rotatable bonds is 6. The Bertz CT molecular complexity index is 238. The van der Waals surface area contributed by atoms with E-state index in [2.05, 4.69) is 11.4 Å². The molecule has 1 unspecified atom stereocenters. The minimum atomic E-state index is -0.493. The van der Waals surface area contributed by atoms with E-state index in [1.165, 1.54) is 0 Å². The van der Waals surface area contributed by atoms with Crippen LogP contribution in [0.25, 0.3) is 0 Å². The number of hydrogen-bond acceptors (Lipinski definition) is 2. The topological polar surface area (TPSA) is 52.9 Å². The third-order valence-corrected chi connectivity index (χ3v) is 3.04. The first-order chi connectivity index (χ1) is 7.02. The Morgan fingerprint density at radius 2 is 1.93 bits per heavy atom. The van der Waals surface area contributed by atoms with Crippen LogP contribution >= 0.6 is 0 Å². The summed E-state index contributed by atoms with van der Waals surface area (Å²) in [6.45, 7) is 8.09. The molecule has 0 saturated heterocycles. The number of carbonyl (C=O) groups excluding carboxylic acids is 1. The number of hydrogen-bond donors (Lipinski definition) is 1. The van der Waals surface area contributed by atoms with Crippen LogP contribution in [-0.2, 0) is 4.79 Å². The van der Waals surface area contributed by atoms with Crippen molar-refractivity contribution in [2.24, 2.45) is 5.92 Å². The van der Waals surface area contributed by atoms with Crippen LogP contribution in [0.3, 0.4) is 0 Å². The number of nitriles is 1. The average Bonchev–Trinajstić information content (AvgIpc) is 2.25. The van der Waals surface area contributed by atoms with Crippen LogP contribution in [0.4, 0.5) is 0 Å². The van der Waals surface area contributed by atoms with Gasteiger partial charge in [-0.05, 0) is 26.2 Å². The lowest BCUT2D eigenvalue weighted by atomic mass is 9.93. The van der Waals surface area contributed by atoms with Crippen molar-refractivity contribution < 1.29 is 4.79 Å². The first kappa shape index (κ1) is 14.0. The van der Waals surface area contributed by atoms with Crippen LogP contribution in [0.15, 0.2) is 0 Å². The van der Waals surface area contributed by atoms with Crippen LogP contribution in [0.1, 0.15) is 53.4 Å². The molecule has 0 rings (SSSR count). The van der Waals surface area contributed by atoms with Crippen molar-refractivity contribution in [1.82, 2.24) is 5.32 Å². The van der Waals surface area contributed by atoms with Gasteiger partial charge in [0.25, 0.3) is 0 Å². The van der Waals surface area contributed by atoms with E-state index in [1.807, 2.05) is 27.7 Å². The van der Waals surface area contributed by atoms with Crippen molar-refractivity contribution in [2.75, 3.05) is 0 Å². The zero-order valence-corrected chi connectivity index (χ0v) is 10.3. The average molecular weight is 210 g/mol. The second kappa shape index (κ2) is 6.44. The second-order valence-corrected chi connectivity index (χ2v) is 4.23. The Kier molecular flexibility index (Phi) is 6.00. The van der Waals surface area contributed by atoms with E-state index in [9.17, 15) is 4.79 Å². The van der Waals surface area contributed by atoms with Gasteiger partial charge in [-0.25, -0.2) is 0 Å². The summed E-state index contributed by atoms with van der Waals surface area (Å²) in [6, 6.07) is 2.06. The van der Waals surface area contributed by atoms with Gasteiger partial charge in [-0.2, -0.15) is 5.26 Å².